The highest BCUT2D eigenvalue weighted by atomic mass is 32.1. The van der Waals surface area contributed by atoms with Gasteiger partial charge < -0.3 is 14.8 Å². The van der Waals surface area contributed by atoms with Crippen molar-refractivity contribution in [1.29, 1.82) is 0 Å². The quantitative estimate of drug-likeness (QED) is 0.310. The van der Waals surface area contributed by atoms with E-state index in [2.05, 4.69) is 22.8 Å². The number of nitrogens with zero attached hydrogens (tertiary/aromatic N) is 1. The average Bonchev–Trinajstić information content (AvgIpc) is 2.64. The monoisotopic (exact) mass is 371 g/mol. The van der Waals surface area contributed by atoms with E-state index < -0.39 is 0 Å². The zero-order valence-corrected chi connectivity index (χ0v) is 16.2. The number of anilines is 1. The topological polar surface area (TPSA) is 54.9 Å². The molecule has 0 saturated carbocycles. The number of hydrogen-bond donors (Lipinski definition) is 2. The first-order valence-corrected chi connectivity index (χ1v) is 9.00. The molecule has 2 N–H and O–H groups in total. The van der Waals surface area contributed by atoms with Crippen LogP contribution >= 0.6 is 12.2 Å². The Kier molecular flexibility index (Phi) is 7.89. The van der Waals surface area contributed by atoms with Crippen LogP contribution in [0.4, 0.5) is 5.69 Å². The summed E-state index contributed by atoms with van der Waals surface area (Å²) in [6.07, 6.45) is 3.79. The number of nitrogens with one attached hydrogen (secondary N) is 2. The van der Waals surface area contributed by atoms with Gasteiger partial charge in [-0.1, -0.05) is 31.0 Å². The van der Waals surface area contributed by atoms with Crippen LogP contribution in [0.1, 0.15) is 30.9 Å². The van der Waals surface area contributed by atoms with Crippen molar-refractivity contribution in [2.75, 3.05) is 19.0 Å². The molecule has 0 atom stereocenters. The maximum Gasteiger partial charge on any atom is 0.191 e. The minimum absolute atomic E-state index is 0.427. The smallest absolute Gasteiger partial charge is 0.191 e. The molecule has 0 aliphatic rings. The van der Waals surface area contributed by atoms with Gasteiger partial charge >= 0.3 is 0 Å². The van der Waals surface area contributed by atoms with Crippen molar-refractivity contribution >= 4 is 29.2 Å². The molecule has 0 spiro atoms. The third kappa shape index (κ3) is 6.37. The molecule has 0 aliphatic heterocycles. The molecule has 2 rings (SSSR count). The van der Waals surface area contributed by atoms with E-state index in [-0.39, 0.29) is 0 Å². The van der Waals surface area contributed by atoms with E-state index in [1.54, 1.807) is 13.3 Å². The first-order valence-electron chi connectivity index (χ1n) is 8.60. The summed E-state index contributed by atoms with van der Waals surface area (Å²) in [6.45, 7) is 4.85. The van der Waals surface area contributed by atoms with Gasteiger partial charge in [-0.2, -0.15) is 5.10 Å². The fourth-order valence-corrected chi connectivity index (χ4v) is 2.34. The summed E-state index contributed by atoms with van der Waals surface area (Å²) in [5.74, 6) is 1.42. The van der Waals surface area contributed by atoms with Crippen molar-refractivity contribution in [3.63, 3.8) is 0 Å². The summed E-state index contributed by atoms with van der Waals surface area (Å²) in [5.41, 5.74) is 5.80. The summed E-state index contributed by atoms with van der Waals surface area (Å²) in [7, 11) is 1.63. The molecule has 6 heteroatoms. The predicted molar refractivity (Wildman–Crippen MR) is 112 cm³/mol. The van der Waals surface area contributed by atoms with Crippen LogP contribution in [0.25, 0.3) is 0 Å². The van der Waals surface area contributed by atoms with Gasteiger partial charge in [-0.25, -0.2) is 0 Å². The van der Waals surface area contributed by atoms with E-state index >= 15 is 0 Å². The van der Waals surface area contributed by atoms with Gasteiger partial charge in [-0.3, -0.25) is 5.43 Å². The summed E-state index contributed by atoms with van der Waals surface area (Å²) >= 11 is 5.23. The molecule has 0 bridgehead atoms. The number of rotatable bonds is 8. The minimum Gasteiger partial charge on any atom is -0.493 e. The van der Waals surface area contributed by atoms with E-state index in [1.165, 1.54) is 5.56 Å². The zero-order chi connectivity index (χ0) is 18.8. The lowest BCUT2D eigenvalue weighted by Gasteiger charge is -2.11. The van der Waals surface area contributed by atoms with Gasteiger partial charge in [0.25, 0.3) is 0 Å². The van der Waals surface area contributed by atoms with E-state index in [1.807, 2.05) is 49.4 Å². The number of methoxy groups -OCH3 is 1. The Morgan fingerprint density at radius 3 is 2.62 bits per heavy atom. The normalized spacial score (nSPS) is 10.6. The largest absolute Gasteiger partial charge is 0.493 e. The second-order valence-electron chi connectivity index (χ2n) is 5.80. The molecule has 0 unspecified atom stereocenters. The third-order valence-electron chi connectivity index (χ3n) is 3.63. The molecule has 0 aliphatic carbocycles. The predicted octanol–water partition coefficient (Wildman–Crippen LogP) is 4.50. The van der Waals surface area contributed by atoms with E-state index in [0.29, 0.717) is 17.5 Å². The number of hydrazone groups is 1. The second-order valence-corrected chi connectivity index (χ2v) is 6.21. The van der Waals surface area contributed by atoms with Gasteiger partial charge in [0, 0.05) is 5.69 Å². The molecule has 0 aromatic heterocycles. The number of ether oxygens (including phenoxy) is 2. The summed E-state index contributed by atoms with van der Waals surface area (Å²) in [4.78, 5) is 0. The Hall–Kier alpha value is -2.60. The fourth-order valence-electron chi connectivity index (χ4n) is 2.17. The van der Waals surface area contributed by atoms with E-state index in [9.17, 15) is 0 Å². The van der Waals surface area contributed by atoms with Crippen molar-refractivity contribution < 1.29 is 9.47 Å². The Morgan fingerprint density at radius 2 is 1.92 bits per heavy atom. The standard InChI is InChI=1S/C20H25N3O2S/c1-4-5-12-25-18-11-8-16(13-19(18)24-3)14-21-23-20(26)22-17-9-6-15(2)7-10-17/h6-11,13-14H,4-5,12H2,1-3H3,(H2,22,23,26). The number of unbranched alkanes of at least 4 members (excludes halogenated alkanes) is 1. The van der Waals surface area contributed by atoms with Crippen molar-refractivity contribution in [2.45, 2.75) is 26.7 Å². The molecule has 0 amide bonds. The maximum atomic E-state index is 5.72. The molecule has 0 heterocycles. The number of thiocarbonyl (C=S) groups is 1. The summed E-state index contributed by atoms with van der Waals surface area (Å²) in [6, 6.07) is 13.7. The lowest BCUT2D eigenvalue weighted by atomic mass is 10.2. The highest BCUT2D eigenvalue weighted by Crippen LogP contribution is 2.27. The first kappa shape index (κ1) is 19.7. The van der Waals surface area contributed by atoms with Crippen LogP contribution in [0.2, 0.25) is 0 Å². The number of aryl methyl sites for hydroxylation is 1. The average molecular weight is 372 g/mol. The van der Waals surface area contributed by atoms with Gasteiger partial charge in [-0.05, 0) is 61.5 Å². The number of benzene rings is 2. The molecule has 0 saturated heterocycles. The minimum atomic E-state index is 0.427. The first-order chi connectivity index (χ1) is 12.6. The van der Waals surface area contributed by atoms with Crippen LogP contribution in [0.15, 0.2) is 47.6 Å². The third-order valence-corrected chi connectivity index (χ3v) is 3.83. The van der Waals surface area contributed by atoms with Gasteiger partial charge in [0.2, 0.25) is 0 Å². The van der Waals surface area contributed by atoms with Crippen molar-refractivity contribution in [3.05, 3.63) is 53.6 Å². The summed E-state index contributed by atoms with van der Waals surface area (Å²) in [5, 5.41) is 7.67. The molecule has 2 aromatic rings. The van der Waals surface area contributed by atoms with Crippen LogP contribution in [0.5, 0.6) is 11.5 Å². The Bertz CT molecular complexity index is 745. The Morgan fingerprint density at radius 1 is 1.15 bits per heavy atom. The van der Waals surface area contributed by atoms with Crippen LogP contribution in [-0.2, 0) is 0 Å². The molecule has 2 aromatic carbocycles. The molecule has 5 nitrogen and oxygen atoms in total. The lowest BCUT2D eigenvalue weighted by Crippen LogP contribution is -2.23. The molecule has 0 fully saturated rings. The second kappa shape index (κ2) is 10.4. The van der Waals surface area contributed by atoms with E-state index in [4.69, 9.17) is 21.7 Å². The zero-order valence-electron chi connectivity index (χ0n) is 15.4. The van der Waals surface area contributed by atoms with Crippen LogP contribution in [0, 0.1) is 6.92 Å². The van der Waals surface area contributed by atoms with Crippen molar-refractivity contribution in [3.8, 4) is 11.5 Å². The van der Waals surface area contributed by atoms with Gasteiger partial charge in [0.15, 0.2) is 16.6 Å². The molecular formula is C20H25N3O2S. The maximum absolute atomic E-state index is 5.72. The molecule has 0 radical (unpaired) electrons. The van der Waals surface area contributed by atoms with Crippen molar-refractivity contribution in [1.82, 2.24) is 5.43 Å². The van der Waals surface area contributed by atoms with Crippen LogP contribution < -0.4 is 20.2 Å². The molecule has 26 heavy (non-hydrogen) atoms. The van der Waals surface area contributed by atoms with Crippen LogP contribution in [0.3, 0.4) is 0 Å². The van der Waals surface area contributed by atoms with Crippen molar-refractivity contribution in [2.24, 2.45) is 5.10 Å². The van der Waals surface area contributed by atoms with E-state index in [0.717, 1.165) is 29.8 Å². The number of hydrogen-bond acceptors (Lipinski definition) is 4. The SMILES string of the molecule is CCCCOc1ccc(C=NNC(=S)Nc2ccc(C)cc2)cc1OC. The molecular weight excluding hydrogens is 346 g/mol. The molecule has 138 valence electrons. The van der Waals surface area contributed by atoms with Crippen LogP contribution in [-0.4, -0.2) is 25.0 Å². The highest BCUT2D eigenvalue weighted by Gasteiger charge is 2.05. The van der Waals surface area contributed by atoms with Gasteiger partial charge in [-0.15, -0.1) is 0 Å². The van der Waals surface area contributed by atoms with Gasteiger partial charge in [0.05, 0.1) is 19.9 Å². The lowest BCUT2D eigenvalue weighted by molar-refractivity contribution is 0.288. The van der Waals surface area contributed by atoms with Gasteiger partial charge in [0.1, 0.15) is 0 Å². The Labute approximate surface area is 160 Å². The summed E-state index contributed by atoms with van der Waals surface area (Å²) < 4.78 is 11.1. The fraction of sp³-hybridized carbons (Fsp3) is 0.300. The highest BCUT2D eigenvalue weighted by molar-refractivity contribution is 7.80. The Balaban J connectivity index is 1.90.